The molecule has 2 atom stereocenters. The predicted molar refractivity (Wildman–Crippen MR) is 49.0 cm³/mol. The number of carboxylic acids is 1. The van der Waals surface area contributed by atoms with E-state index in [1.807, 2.05) is 0 Å². The molecule has 0 aromatic heterocycles. The second-order valence-electron chi connectivity index (χ2n) is 4.37. The van der Waals surface area contributed by atoms with Crippen molar-refractivity contribution in [1.29, 1.82) is 0 Å². The normalized spacial score (nSPS) is 38.9. The molecule has 5 nitrogen and oxygen atoms in total. The summed E-state index contributed by atoms with van der Waals surface area (Å²) in [6.07, 6.45) is 2.23. The van der Waals surface area contributed by atoms with E-state index in [9.17, 15) is 9.59 Å². The molecular weight excluding hydrogens is 200 g/mol. The summed E-state index contributed by atoms with van der Waals surface area (Å²) in [6, 6.07) is 0. The third-order valence-electron chi connectivity index (χ3n) is 3.05. The Balaban J connectivity index is 2.13. The fourth-order valence-corrected chi connectivity index (χ4v) is 2.30. The molecule has 0 amide bonds. The van der Waals surface area contributed by atoms with Gasteiger partial charge in [0.2, 0.25) is 5.79 Å². The van der Waals surface area contributed by atoms with Crippen molar-refractivity contribution in [2.24, 2.45) is 0 Å². The minimum Gasteiger partial charge on any atom is -0.481 e. The SMILES string of the molecule is CC12CCCC(CCC(=O)O)(O1)C(=O)O2. The van der Waals surface area contributed by atoms with E-state index < -0.39 is 23.3 Å². The lowest BCUT2D eigenvalue weighted by Crippen LogP contribution is -2.41. The fraction of sp³-hybridized carbons (Fsp3) is 0.800. The first kappa shape index (κ1) is 10.4. The van der Waals surface area contributed by atoms with Gasteiger partial charge in [0, 0.05) is 19.8 Å². The summed E-state index contributed by atoms with van der Waals surface area (Å²) in [5.74, 6) is -2.14. The number of ether oxygens (including phenoxy) is 2. The van der Waals surface area contributed by atoms with Gasteiger partial charge in [0.15, 0.2) is 5.60 Å². The Labute approximate surface area is 87.4 Å². The number of aliphatic carboxylic acids is 1. The zero-order valence-electron chi connectivity index (χ0n) is 8.62. The summed E-state index contributed by atoms with van der Waals surface area (Å²) in [5.41, 5.74) is -0.995. The molecule has 2 fully saturated rings. The Morgan fingerprint density at radius 3 is 2.93 bits per heavy atom. The number of esters is 1. The van der Waals surface area contributed by atoms with Crippen LogP contribution in [0.2, 0.25) is 0 Å². The smallest absolute Gasteiger partial charge is 0.341 e. The third kappa shape index (κ3) is 1.71. The van der Waals surface area contributed by atoms with Crippen LogP contribution in [0.5, 0.6) is 0 Å². The summed E-state index contributed by atoms with van der Waals surface area (Å²) in [6.45, 7) is 1.73. The molecule has 2 rings (SSSR count). The number of carbonyl (C=O) groups excluding carboxylic acids is 1. The number of rotatable bonds is 3. The monoisotopic (exact) mass is 214 g/mol. The average Bonchev–Trinajstić information content (AvgIpc) is 2.30. The molecule has 0 radical (unpaired) electrons. The van der Waals surface area contributed by atoms with Crippen LogP contribution in [0.4, 0.5) is 0 Å². The summed E-state index contributed by atoms with van der Waals surface area (Å²) in [5, 5.41) is 8.61. The van der Waals surface area contributed by atoms with Crippen LogP contribution in [0.15, 0.2) is 0 Å². The van der Waals surface area contributed by atoms with Crippen LogP contribution >= 0.6 is 0 Å². The molecule has 1 N–H and O–H groups in total. The third-order valence-corrected chi connectivity index (χ3v) is 3.05. The van der Waals surface area contributed by atoms with Crippen molar-refractivity contribution in [1.82, 2.24) is 0 Å². The molecule has 2 aliphatic heterocycles. The molecule has 15 heavy (non-hydrogen) atoms. The van der Waals surface area contributed by atoms with Crippen molar-refractivity contribution < 1.29 is 24.2 Å². The molecule has 84 valence electrons. The number of hydrogen-bond donors (Lipinski definition) is 1. The minimum absolute atomic E-state index is 0.0643. The standard InChI is InChI=1S/C10H14O5/c1-9-4-2-5-10(15-9,8(13)14-9)6-3-7(11)12/h2-6H2,1H3,(H,11,12). The quantitative estimate of drug-likeness (QED) is 0.711. The zero-order chi connectivity index (χ0) is 11.1. The van der Waals surface area contributed by atoms with E-state index in [0.29, 0.717) is 12.8 Å². The minimum atomic E-state index is -0.995. The largest absolute Gasteiger partial charge is 0.481 e. The molecule has 2 aliphatic rings. The van der Waals surface area contributed by atoms with E-state index in [1.54, 1.807) is 6.92 Å². The van der Waals surface area contributed by atoms with Crippen LogP contribution in [-0.2, 0) is 19.1 Å². The Hall–Kier alpha value is -1.10. The number of carboxylic acid groups (broad SMARTS) is 1. The van der Waals surface area contributed by atoms with Crippen molar-refractivity contribution in [2.45, 2.75) is 50.4 Å². The van der Waals surface area contributed by atoms with Crippen LogP contribution in [0.3, 0.4) is 0 Å². The lowest BCUT2D eigenvalue weighted by Gasteiger charge is -2.32. The van der Waals surface area contributed by atoms with E-state index in [0.717, 1.165) is 6.42 Å². The van der Waals surface area contributed by atoms with Crippen molar-refractivity contribution in [2.75, 3.05) is 0 Å². The lowest BCUT2D eigenvalue weighted by molar-refractivity contribution is -0.202. The van der Waals surface area contributed by atoms with Gasteiger partial charge in [-0.15, -0.1) is 0 Å². The summed E-state index contributed by atoms with van der Waals surface area (Å²) in [4.78, 5) is 22.1. The van der Waals surface area contributed by atoms with Gasteiger partial charge in [0.1, 0.15) is 0 Å². The number of fused-ring (bicyclic) bond motifs is 2. The second-order valence-corrected chi connectivity index (χ2v) is 4.37. The predicted octanol–water partition coefficient (Wildman–Crippen LogP) is 1.06. The highest BCUT2D eigenvalue weighted by molar-refractivity contribution is 5.82. The van der Waals surface area contributed by atoms with Gasteiger partial charge in [0.05, 0.1) is 0 Å². The van der Waals surface area contributed by atoms with Crippen molar-refractivity contribution in [3.8, 4) is 0 Å². The van der Waals surface area contributed by atoms with Crippen LogP contribution in [0.25, 0.3) is 0 Å². The Bertz CT molecular complexity index is 313. The lowest BCUT2D eigenvalue weighted by atomic mass is 9.89. The molecule has 2 saturated heterocycles. The van der Waals surface area contributed by atoms with Crippen LogP contribution in [0.1, 0.15) is 39.0 Å². The molecule has 2 unspecified atom stereocenters. The van der Waals surface area contributed by atoms with Gasteiger partial charge < -0.3 is 14.6 Å². The van der Waals surface area contributed by atoms with Gasteiger partial charge >= 0.3 is 11.9 Å². The molecule has 5 heteroatoms. The van der Waals surface area contributed by atoms with E-state index in [-0.39, 0.29) is 12.8 Å². The second kappa shape index (κ2) is 3.20. The summed E-state index contributed by atoms with van der Waals surface area (Å²) >= 11 is 0. The van der Waals surface area contributed by atoms with Gasteiger partial charge in [0.25, 0.3) is 0 Å². The van der Waals surface area contributed by atoms with Gasteiger partial charge in [-0.05, 0) is 19.3 Å². The van der Waals surface area contributed by atoms with Crippen molar-refractivity contribution in [3.63, 3.8) is 0 Å². The van der Waals surface area contributed by atoms with Gasteiger partial charge in [-0.3, -0.25) is 4.79 Å². The van der Waals surface area contributed by atoms with Gasteiger partial charge in [-0.1, -0.05) is 0 Å². The highest BCUT2D eigenvalue weighted by Crippen LogP contribution is 2.45. The average molecular weight is 214 g/mol. The van der Waals surface area contributed by atoms with Gasteiger partial charge in [-0.2, -0.15) is 0 Å². The summed E-state index contributed by atoms with van der Waals surface area (Å²) in [7, 11) is 0. The van der Waals surface area contributed by atoms with Crippen LogP contribution in [-0.4, -0.2) is 28.4 Å². The van der Waals surface area contributed by atoms with E-state index >= 15 is 0 Å². The molecule has 0 aromatic carbocycles. The Morgan fingerprint density at radius 2 is 2.27 bits per heavy atom. The molecule has 2 heterocycles. The van der Waals surface area contributed by atoms with E-state index in [2.05, 4.69) is 0 Å². The topological polar surface area (TPSA) is 72.8 Å². The first-order chi connectivity index (χ1) is 6.96. The fourth-order valence-electron chi connectivity index (χ4n) is 2.30. The molecule has 0 aliphatic carbocycles. The van der Waals surface area contributed by atoms with Crippen LogP contribution < -0.4 is 0 Å². The zero-order valence-corrected chi connectivity index (χ0v) is 8.62. The first-order valence-corrected chi connectivity index (χ1v) is 5.11. The first-order valence-electron chi connectivity index (χ1n) is 5.11. The number of hydrogen-bond acceptors (Lipinski definition) is 4. The number of carbonyl (C=O) groups is 2. The highest BCUT2D eigenvalue weighted by Gasteiger charge is 2.58. The van der Waals surface area contributed by atoms with Gasteiger partial charge in [-0.25, -0.2) is 4.79 Å². The van der Waals surface area contributed by atoms with E-state index in [4.69, 9.17) is 14.6 Å². The maximum Gasteiger partial charge on any atom is 0.341 e. The Morgan fingerprint density at radius 1 is 1.53 bits per heavy atom. The Kier molecular flexibility index (Phi) is 2.22. The highest BCUT2D eigenvalue weighted by atomic mass is 16.8. The molecule has 2 bridgehead atoms. The van der Waals surface area contributed by atoms with Crippen molar-refractivity contribution >= 4 is 11.9 Å². The van der Waals surface area contributed by atoms with Crippen molar-refractivity contribution in [3.05, 3.63) is 0 Å². The summed E-state index contributed by atoms with van der Waals surface area (Å²) < 4.78 is 10.8. The molecular formula is C10H14O5. The maximum atomic E-state index is 11.7. The van der Waals surface area contributed by atoms with E-state index in [1.165, 1.54) is 0 Å². The molecule has 0 spiro atoms. The maximum absolute atomic E-state index is 11.7. The molecule has 0 aromatic rings. The van der Waals surface area contributed by atoms with Crippen LogP contribution in [0, 0.1) is 0 Å². The molecule has 0 saturated carbocycles.